The van der Waals surface area contributed by atoms with Crippen LogP contribution in [0.2, 0.25) is 0 Å². The Morgan fingerprint density at radius 1 is 1.25 bits per heavy atom. The lowest BCUT2D eigenvalue weighted by molar-refractivity contribution is 0.0620. The molecule has 2 bridgehead atoms. The predicted octanol–water partition coefficient (Wildman–Crippen LogP) is 1.37. The topological polar surface area (TPSA) is 58.4 Å². The molecule has 3 saturated heterocycles. The number of carbonyl (C=O) groups excluding carboxylic acids is 1. The normalized spacial score (nSPS) is 28.4. The van der Waals surface area contributed by atoms with Gasteiger partial charge < -0.3 is 16.0 Å². The van der Waals surface area contributed by atoms with Gasteiger partial charge in [-0.2, -0.15) is 0 Å². The van der Waals surface area contributed by atoms with Crippen LogP contribution in [0, 0.1) is 17.6 Å². The first-order chi connectivity index (χ1) is 9.54. The molecule has 1 unspecified atom stereocenters. The van der Waals surface area contributed by atoms with E-state index in [2.05, 4.69) is 10.2 Å². The number of nitrogens with two attached hydrogens (primary N) is 1. The number of hydrogen-bond donors (Lipinski definition) is 2. The maximum atomic E-state index is 13.4. The van der Waals surface area contributed by atoms with E-state index in [1.165, 1.54) is 0 Å². The van der Waals surface area contributed by atoms with Gasteiger partial charge >= 0.3 is 0 Å². The average Bonchev–Trinajstić information content (AvgIpc) is 2.45. The number of fused-ring (bicyclic) bond motifs is 3. The fourth-order valence-electron chi connectivity index (χ4n) is 3.10. The van der Waals surface area contributed by atoms with Crippen LogP contribution in [-0.4, -0.2) is 36.5 Å². The molecular weight excluding hydrogens is 264 g/mol. The van der Waals surface area contributed by atoms with Crippen LogP contribution in [-0.2, 0) is 0 Å². The third kappa shape index (κ3) is 2.35. The van der Waals surface area contributed by atoms with E-state index < -0.39 is 23.2 Å². The van der Waals surface area contributed by atoms with Gasteiger partial charge in [0.1, 0.15) is 17.3 Å². The summed E-state index contributed by atoms with van der Waals surface area (Å²) in [4.78, 5) is 14.4. The van der Waals surface area contributed by atoms with Gasteiger partial charge in [0.25, 0.3) is 5.91 Å². The second-order valence-corrected chi connectivity index (χ2v) is 5.57. The molecule has 4 rings (SSSR count). The first-order valence-electron chi connectivity index (χ1n) is 6.82. The number of amides is 1. The van der Waals surface area contributed by atoms with E-state index in [0.29, 0.717) is 5.92 Å². The van der Waals surface area contributed by atoms with Crippen LogP contribution in [0.1, 0.15) is 23.2 Å². The summed E-state index contributed by atoms with van der Waals surface area (Å²) in [5, 5.41) is 2.89. The van der Waals surface area contributed by atoms with Crippen molar-refractivity contribution in [3.63, 3.8) is 0 Å². The maximum Gasteiger partial charge on any atom is 0.251 e. The Balaban J connectivity index is 1.73. The van der Waals surface area contributed by atoms with Crippen molar-refractivity contribution in [2.45, 2.75) is 18.9 Å². The van der Waals surface area contributed by atoms with Crippen LogP contribution < -0.4 is 11.1 Å². The van der Waals surface area contributed by atoms with Crippen molar-refractivity contribution in [3.8, 4) is 0 Å². The van der Waals surface area contributed by atoms with Gasteiger partial charge in [0.05, 0.1) is 0 Å². The highest BCUT2D eigenvalue weighted by atomic mass is 19.1. The van der Waals surface area contributed by atoms with Gasteiger partial charge in [0, 0.05) is 18.2 Å². The standard InChI is InChI=1S/C14H17F2N3O/c15-10-5-9(6-11(16)13(10)17)14(20)18-12-7-19-3-1-8(12)2-4-19/h5-6,8,12H,1-4,7,17H2,(H,18,20). The van der Waals surface area contributed by atoms with Crippen LogP contribution in [0.4, 0.5) is 14.5 Å². The third-order valence-electron chi connectivity index (χ3n) is 4.31. The molecule has 3 N–H and O–H groups in total. The van der Waals surface area contributed by atoms with Crippen molar-refractivity contribution in [1.82, 2.24) is 10.2 Å². The summed E-state index contributed by atoms with van der Waals surface area (Å²) in [6.07, 6.45) is 2.13. The Labute approximate surface area is 115 Å². The molecule has 3 heterocycles. The summed E-state index contributed by atoms with van der Waals surface area (Å²) in [5.74, 6) is -1.78. The SMILES string of the molecule is Nc1c(F)cc(C(=O)NC2CN3CCC2CC3)cc1F. The molecule has 0 radical (unpaired) electrons. The van der Waals surface area contributed by atoms with Gasteiger partial charge in [-0.1, -0.05) is 0 Å². The molecule has 6 heteroatoms. The van der Waals surface area contributed by atoms with E-state index in [1.807, 2.05) is 0 Å². The summed E-state index contributed by atoms with van der Waals surface area (Å²) < 4.78 is 26.8. The molecular formula is C14H17F2N3O. The highest BCUT2D eigenvalue weighted by Gasteiger charge is 2.35. The molecule has 3 aliphatic heterocycles. The lowest BCUT2D eigenvalue weighted by atomic mass is 9.84. The van der Waals surface area contributed by atoms with Crippen LogP contribution in [0.15, 0.2) is 12.1 Å². The molecule has 0 saturated carbocycles. The van der Waals surface area contributed by atoms with E-state index in [4.69, 9.17) is 5.73 Å². The molecule has 0 aliphatic carbocycles. The first-order valence-corrected chi connectivity index (χ1v) is 6.82. The summed E-state index contributed by atoms with van der Waals surface area (Å²) in [7, 11) is 0. The summed E-state index contributed by atoms with van der Waals surface area (Å²) >= 11 is 0. The Morgan fingerprint density at radius 2 is 1.85 bits per heavy atom. The zero-order chi connectivity index (χ0) is 14.3. The van der Waals surface area contributed by atoms with Gasteiger partial charge in [-0.25, -0.2) is 8.78 Å². The van der Waals surface area contributed by atoms with Crippen LogP contribution >= 0.6 is 0 Å². The van der Waals surface area contributed by atoms with Crippen molar-refractivity contribution in [2.24, 2.45) is 5.92 Å². The predicted molar refractivity (Wildman–Crippen MR) is 71.2 cm³/mol. The Kier molecular flexibility index (Phi) is 3.33. The minimum Gasteiger partial charge on any atom is -0.394 e. The van der Waals surface area contributed by atoms with E-state index in [0.717, 1.165) is 44.6 Å². The highest BCUT2D eigenvalue weighted by molar-refractivity contribution is 5.94. The van der Waals surface area contributed by atoms with Crippen molar-refractivity contribution in [2.75, 3.05) is 25.4 Å². The fraction of sp³-hybridized carbons (Fsp3) is 0.500. The molecule has 3 aliphatic rings. The second kappa shape index (κ2) is 5.01. The van der Waals surface area contributed by atoms with Gasteiger partial charge in [0.15, 0.2) is 0 Å². The quantitative estimate of drug-likeness (QED) is 0.805. The van der Waals surface area contributed by atoms with Crippen LogP contribution in [0.5, 0.6) is 0 Å². The fourth-order valence-corrected chi connectivity index (χ4v) is 3.10. The minimum atomic E-state index is -0.899. The number of nitrogen functional groups attached to an aromatic ring is 1. The van der Waals surface area contributed by atoms with Crippen molar-refractivity contribution in [1.29, 1.82) is 0 Å². The van der Waals surface area contributed by atoms with Crippen LogP contribution in [0.25, 0.3) is 0 Å². The first kappa shape index (κ1) is 13.3. The lowest BCUT2D eigenvalue weighted by Gasteiger charge is -2.44. The molecule has 1 aromatic rings. The molecule has 4 nitrogen and oxygen atoms in total. The number of anilines is 1. The Bertz CT molecular complexity index is 518. The molecule has 0 aromatic heterocycles. The summed E-state index contributed by atoms with van der Waals surface area (Å²) in [6, 6.07) is 2.03. The molecule has 3 fully saturated rings. The van der Waals surface area contributed by atoms with Gasteiger partial charge in [-0.05, 0) is 44.0 Å². The number of hydrogen-bond acceptors (Lipinski definition) is 3. The van der Waals surface area contributed by atoms with E-state index >= 15 is 0 Å². The van der Waals surface area contributed by atoms with Crippen LogP contribution in [0.3, 0.4) is 0 Å². The van der Waals surface area contributed by atoms with Crippen molar-refractivity contribution >= 4 is 11.6 Å². The maximum absolute atomic E-state index is 13.4. The average molecular weight is 281 g/mol. The molecule has 108 valence electrons. The molecule has 1 atom stereocenters. The Hall–Kier alpha value is -1.69. The van der Waals surface area contributed by atoms with E-state index in [-0.39, 0.29) is 11.6 Å². The smallest absolute Gasteiger partial charge is 0.251 e. The minimum absolute atomic E-state index is 0.0225. The van der Waals surface area contributed by atoms with Crippen molar-refractivity contribution < 1.29 is 13.6 Å². The number of nitrogens with zero attached hydrogens (tertiary/aromatic N) is 1. The summed E-state index contributed by atoms with van der Waals surface area (Å²) in [6.45, 7) is 2.96. The molecule has 1 aromatic carbocycles. The molecule has 20 heavy (non-hydrogen) atoms. The summed E-state index contributed by atoms with van der Waals surface area (Å²) in [5.41, 5.74) is 4.62. The zero-order valence-electron chi connectivity index (χ0n) is 11.0. The number of rotatable bonds is 2. The number of piperidine rings is 3. The van der Waals surface area contributed by atoms with E-state index in [9.17, 15) is 13.6 Å². The number of halogens is 2. The van der Waals surface area contributed by atoms with E-state index in [1.54, 1.807) is 0 Å². The van der Waals surface area contributed by atoms with Gasteiger partial charge in [0.2, 0.25) is 0 Å². The molecule has 1 amide bonds. The highest BCUT2D eigenvalue weighted by Crippen LogP contribution is 2.27. The molecule has 0 spiro atoms. The van der Waals surface area contributed by atoms with Crippen molar-refractivity contribution in [3.05, 3.63) is 29.3 Å². The monoisotopic (exact) mass is 281 g/mol. The Morgan fingerprint density at radius 3 is 2.35 bits per heavy atom. The third-order valence-corrected chi connectivity index (χ3v) is 4.31. The number of benzene rings is 1. The van der Waals surface area contributed by atoms with Gasteiger partial charge in [-0.15, -0.1) is 0 Å². The second-order valence-electron chi connectivity index (χ2n) is 5.57. The van der Waals surface area contributed by atoms with Gasteiger partial charge in [-0.3, -0.25) is 4.79 Å². The number of carbonyl (C=O) groups is 1. The lowest BCUT2D eigenvalue weighted by Crippen LogP contribution is -2.57. The zero-order valence-corrected chi connectivity index (χ0v) is 11.0. The number of nitrogens with one attached hydrogen (secondary N) is 1. The largest absolute Gasteiger partial charge is 0.394 e.